The highest BCUT2D eigenvalue weighted by atomic mass is 16.1. The Morgan fingerprint density at radius 2 is 2.05 bits per heavy atom. The van der Waals surface area contributed by atoms with Gasteiger partial charge in [0.05, 0.1) is 0 Å². The summed E-state index contributed by atoms with van der Waals surface area (Å²) in [6, 6.07) is 7.90. The Kier molecular flexibility index (Phi) is 6.06. The second-order valence-corrected chi connectivity index (χ2v) is 5.57. The number of rotatable bonds is 6. The molecule has 1 amide bonds. The number of hydrogen-bond donors (Lipinski definition) is 1. The van der Waals surface area contributed by atoms with E-state index in [1.807, 2.05) is 18.2 Å². The Morgan fingerprint density at radius 3 is 2.80 bits per heavy atom. The third kappa shape index (κ3) is 4.64. The van der Waals surface area contributed by atoms with Crippen molar-refractivity contribution < 1.29 is 4.79 Å². The zero-order valence-electron chi connectivity index (χ0n) is 12.5. The molecule has 0 spiro atoms. The number of aryl methyl sites for hydroxylation is 1. The predicted molar refractivity (Wildman–Crippen MR) is 83.1 cm³/mol. The number of amides is 1. The smallest absolute Gasteiger partial charge is 0.251 e. The first-order valence-electron chi connectivity index (χ1n) is 7.89. The molecule has 1 fully saturated rings. The summed E-state index contributed by atoms with van der Waals surface area (Å²) in [5.41, 5.74) is 1.99. The zero-order valence-corrected chi connectivity index (χ0v) is 12.5. The normalized spacial score (nSPS) is 16.1. The number of nitrogens with one attached hydrogen (secondary N) is 1. The molecular weight excluding hydrogens is 248 g/mol. The van der Waals surface area contributed by atoms with Gasteiger partial charge in [-0.05, 0) is 63.0 Å². The fourth-order valence-electron chi connectivity index (χ4n) is 2.72. The maximum atomic E-state index is 12.0. The summed E-state index contributed by atoms with van der Waals surface area (Å²) in [7, 11) is 0. The summed E-state index contributed by atoms with van der Waals surface area (Å²) in [6.07, 6.45) is 6.04. The summed E-state index contributed by atoms with van der Waals surface area (Å²) >= 11 is 0. The summed E-state index contributed by atoms with van der Waals surface area (Å²) < 4.78 is 0. The van der Waals surface area contributed by atoms with Crippen LogP contribution in [0.15, 0.2) is 24.3 Å². The van der Waals surface area contributed by atoms with Gasteiger partial charge in [0.1, 0.15) is 0 Å². The minimum atomic E-state index is 0.0546. The van der Waals surface area contributed by atoms with Crippen LogP contribution >= 0.6 is 0 Å². The topological polar surface area (TPSA) is 32.3 Å². The third-order valence-electron chi connectivity index (χ3n) is 3.98. The minimum absolute atomic E-state index is 0.0546. The van der Waals surface area contributed by atoms with Crippen molar-refractivity contribution in [3.05, 3.63) is 35.4 Å². The van der Waals surface area contributed by atoms with E-state index in [0.29, 0.717) is 0 Å². The van der Waals surface area contributed by atoms with E-state index in [-0.39, 0.29) is 5.91 Å². The van der Waals surface area contributed by atoms with Crippen LogP contribution in [0.4, 0.5) is 0 Å². The van der Waals surface area contributed by atoms with Crippen LogP contribution < -0.4 is 5.32 Å². The maximum absolute atomic E-state index is 12.0. The molecule has 1 heterocycles. The molecule has 3 heteroatoms. The molecule has 2 rings (SSSR count). The maximum Gasteiger partial charge on any atom is 0.251 e. The number of carbonyl (C=O) groups is 1. The second-order valence-electron chi connectivity index (χ2n) is 5.57. The monoisotopic (exact) mass is 274 g/mol. The van der Waals surface area contributed by atoms with Gasteiger partial charge in [-0.3, -0.25) is 4.79 Å². The first-order chi connectivity index (χ1) is 9.79. The molecule has 0 atom stereocenters. The highest BCUT2D eigenvalue weighted by Gasteiger charge is 2.09. The van der Waals surface area contributed by atoms with E-state index in [9.17, 15) is 4.79 Å². The van der Waals surface area contributed by atoms with Gasteiger partial charge in [0, 0.05) is 12.1 Å². The molecule has 1 aliphatic rings. The van der Waals surface area contributed by atoms with Gasteiger partial charge >= 0.3 is 0 Å². The summed E-state index contributed by atoms with van der Waals surface area (Å²) in [5.74, 6) is 0.0546. The molecule has 0 saturated carbocycles. The Hall–Kier alpha value is -1.35. The summed E-state index contributed by atoms with van der Waals surface area (Å²) in [4.78, 5) is 14.5. The molecule has 110 valence electrons. The molecule has 1 saturated heterocycles. The van der Waals surface area contributed by atoms with Crippen LogP contribution in [-0.2, 0) is 6.42 Å². The van der Waals surface area contributed by atoms with Crippen molar-refractivity contribution in [1.82, 2.24) is 10.2 Å². The van der Waals surface area contributed by atoms with Gasteiger partial charge in [0.15, 0.2) is 0 Å². The van der Waals surface area contributed by atoms with E-state index in [1.165, 1.54) is 37.9 Å². The zero-order chi connectivity index (χ0) is 14.2. The molecule has 20 heavy (non-hydrogen) atoms. The third-order valence-corrected chi connectivity index (χ3v) is 3.98. The first kappa shape index (κ1) is 15.0. The Morgan fingerprint density at radius 1 is 1.25 bits per heavy atom. The van der Waals surface area contributed by atoms with E-state index < -0.39 is 0 Å². The Labute approximate surface area is 122 Å². The van der Waals surface area contributed by atoms with Crippen molar-refractivity contribution >= 4 is 5.91 Å². The van der Waals surface area contributed by atoms with Gasteiger partial charge in [-0.25, -0.2) is 0 Å². The number of nitrogens with zero attached hydrogens (tertiary/aromatic N) is 1. The van der Waals surface area contributed by atoms with Gasteiger partial charge in [-0.1, -0.05) is 25.5 Å². The number of likely N-dealkylation sites (tertiary alicyclic amines) is 1. The van der Waals surface area contributed by atoms with Gasteiger partial charge < -0.3 is 10.2 Å². The van der Waals surface area contributed by atoms with Gasteiger partial charge in [-0.2, -0.15) is 0 Å². The quantitative estimate of drug-likeness (QED) is 0.809. The number of hydrogen-bond acceptors (Lipinski definition) is 2. The largest absolute Gasteiger partial charge is 0.352 e. The van der Waals surface area contributed by atoms with E-state index in [2.05, 4.69) is 23.2 Å². The average molecular weight is 274 g/mol. The van der Waals surface area contributed by atoms with E-state index in [1.54, 1.807) is 0 Å². The molecule has 1 aromatic carbocycles. The molecule has 0 aliphatic carbocycles. The number of piperidine rings is 1. The van der Waals surface area contributed by atoms with Gasteiger partial charge in [0.2, 0.25) is 0 Å². The highest BCUT2D eigenvalue weighted by molar-refractivity contribution is 5.94. The lowest BCUT2D eigenvalue weighted by Gasteiger charge is -2.26. The van der Waals surface area contributed by atoms with Crippen LogP contribution in [0.25, 0.3) is 0 Å². The molecule has 3 nitrogen and oxygen atoms in total. The van der Waals surface area contributed by atoms with Crippen LogP contribution in [-0.4, -0.2) is 37.0 Å². The first-order valence-corrected chi connectivity index (χ1v) is 7.89. The van der Waals surface area contributed by atoms with Crippen molar-refractivity contribution in [3.63, 3.8) is 0 Å². The summed E-state index contributed by atoms with van der Waals surface area (Å²) in [5, 5.41) is 3.02. The average Bonchev–Trinajstić information content (AvgIpc) is 2.52. The lowest BCUT2D eigenvalue weighted by molar-refractivity contribution is 0.0951. The van der Waals surface area contributed by atoms with Crippen LogP contribution in [0.2, 0.25) is 0 Å². The van der Waals surface area contributed by atoms with E-state index >= 15 is 0 Å². The number of carbonyl (C=O) groups excluding carboxylic acids is 1. The van der Waals surface area contributed by atoms with Crippen molar-refractivity contribution in [1.29, 1.82) is 0 Å². The van der Waals surface area contributed by atoms with Crippen molar-refractivity contribution in [2.24, 2.45) is 0 Å². The molecule has 0 unspecified atom stereocenters. The van der Waals surface area contributed by atoms with Crippen LogP contribution in [0.5, 0.6) is 0 Å². The highest BCUT2D eigenvalue weighted by Crippen LogP contribution is 2.09. The van der Waals surface area contributed by atoms with Crippen molar-refractivity contribution in [2.75, 3.05) is 26.2 Å². The Bertz CT molecular complexity index is 425. The predicted octanol–water partition coefficient (Wildman–Crippen LogP) is 2.85. The second kappa shape index (κ2) is 8.05. The molecule has 1 aromatic rings. The number of benzene rings is 1. The van der Waals surface area contributed by atoms with Crippen LogP contribution in [0.3, 0.4) is 0 Å². The molecule has 0 radical (unpaired) electrons. The van der Waals surface area contributed by atoms with Crippen LogP contribution in [0, 0.1) is 0 Å². The lowest BCUT2D eigenvalue weighted by atomic mass is 10.1. The van der Waals surface area contributed by atoms with Gasteiger partial charge in [0.25, 0.3) is 5.91 Å². The SMILES string of the molecule is CCc1cccc(C(=O)NCCCN2CCCCC2)c1. The standard InChI is InChI=1S/C17H26N2O/c1-2-15-8-6-9-16(14-15)17(20)18-10-7-13-19-11-4-3-5-12-19/h6,8-9,14H,2-5,7,10-13H2,1H3,(H,18,20). The minimum Gasteiger partial charge on any atom is -0.352 e. The lowest BCUT2D eigenvalue weighted by Crippen LogP contribution is -2.33. The fraction of sp³-hybridized carbons (Fsp3) is 0.588. The van der Waals surface area contributed by atoms with Crippen LogP contribution in [0.1, 0.15) is 48.5 Å². The fourth-order valence-corrected chi connectivity index (χ4v) is 2.72. The molecule has 0 bridgehead atoms. The summed E-state index contributed by atoms with van der Waals surface area (Å²) in [6.45, 7) is 6.44. The molecule has 1 aliphatic heterocycles. The molecule has 1 N–H and O–H groups in total. The van der Waals surface area contributed by atoms with Crippen molar-refractivity contribution in [2.45, 2.75) is 39.0 Å². The van der Waals surface area contributed by atoms with Crippen molar-refractivity contribution in [3.8, 4) is 0 Å². The van der Waals surface area contributed by atoms with E-state index in [0.717, 1.165) is 31.5 Å². The molecule has 0 aromatic heterocycles. The Balaban J connectivity index is 1.69. The van der Waals surface area contributed by atoms with Gasteiger partial charge in [-0.15, -0.1) is 0 Å². The van der Waals surface area contributed by atoms with E-state index in [4.69, 9.17) is 0 Å². The molecular formula is C17H26N2O.